The summed E-state index contributed by atoms with van der Waals surface area (Å²) >= 11 is 3.62. The Labute approximate surface area is 123 Å². The highest BCUT2D eigenvalue weighted by Crippen LogP contribution is 2.36. The maximum absolute atomic E-state index is 6.09. The molecule has 0 N–H and O–H groups in total. The van der Waals surface area contributed by atoms with Crippen molar-refractivity contribution in [1.82, 2.24) is 0 Å². The predicted octanol–water partition coefficient (Wildman–Crippen LogP) is 3.33. The van der Waals surface area contributed by atoms with Crippen molar-refractivity contribution >= 4 is 15.9 Å². The van der Waals surface area contributed by atoms with Gasteiger partial charge in [-0.3, -0.25) is 0 Å². The van der Waals surface area contributed by atoms with E-state index in [0.717, 1.165) is 6.42 Å². The molecule has 0 spiro atoms. The molecule has 0 bridgehead atoms. The molecular weight excluding hydrogens is 308 g/mol. The molecule has 0 amide bonds. The van der Waals surface area contributed by atoms with Crippen molar-refractivity contribution in [2.24, 2.45) is 0 Å². The van der Waals surface area contributed by atoms with Gasteiger partial charge in [0.1, 0.15) is 0 Å². The smallest absolute Gasteiger partial charge is 0.0964 e. The van der Waals surface area contributed by atoms with E-state index in [1.165, 1.54) is 5.56 Å². The highest BCUT2D eigenvalue weighted by atomic mass is 79.9. The first kappa shape index (κ1) is 15.0. The van der Waals surface area contributed by atoms with Crippen LogP contribution in [-0.4, -0.2) is 37.4 Å². The summed E-state index contributed by atoms with van der Waals surface area (Å²) < 4.78 is 16.9. The summed E-state index contributed by atoms with van der Waals surface area (Å²) in [6, 6.07) is 10.3. The molecule has 2 rings (SSSR count). The molecule has 0 aliphatic heterocycles. The molecule has 1 saturated carbocycles. The molecule has 4 unspecified atom stereocenters. The number of methoxy groups -OCH3 is 1. The van der Waals surface area contributed by atoms with E-state index in [1.54, 1.807) is 7.11 Å². The van der Waals surface area contributed by atoms with Crippen LogP contribution in [0.4, 0.5) is 0 Å². The predicted molar refractivity (Wildman–Crippen MR) is 78.7 cm³/mol. The third-order valence-electron chi connectivity index (χ3n) is 3.43. The molecule has 0 heterocycles. The van der Waals surface area contributed by atoms with Crippen molar-refractivity contribution in [1.29, 1.82) is 0 Å². The van der Waals surface area contributed by atoms with Gasteiger partial charge in [0.15, 0.2) is 0 Å². The fourth-order valence-electron chi connectivity index (χ4n) is 2.20. The van der Waals surface area contributed by atoms with Crippen molar-refractivity contribution < 1.29 is 14.2 Å². The second-order valence-electron chi connectivity index (χ2n) is 4.81. The van der Waals surface area contributed by atoms with Gasteiger partial charge in [0.05, 0.1) is 31.5 Å². The number of hydrogen-bond donors (Lipinski definition) is 0. The summed E-state index contributed by atoms with van der Waals surface area (Å²) in [6.45, 7) is 3.32. The fourth-order valence-corrected chi connectivity index (χ4v) is 3.07. The van der Waals surface area contributed by atoms with Crippen LogP contribution >= 0.6 is 15.9 Å². The quantitative estimate of drug-likeness (QED) is 0.567. The number of benzene rings is 1. The zero-order valence-electron chi connectivity index (χ0n) is 11.4. The second kappa shape index (κ2) is 7.39. The normalized spacial score (nSPS) is 27.8. The molecule has 19 heavy (non-hydrogen) atoms. The number of hydrogen-bond acceptors (Lipinski definition) is 3. The van der Waals surface area contributed by atoms with E-state index < -0.39 is 0 Å². The van der Waals surface area contributed by atoms with Crippen LogP contribution in [-0.2, 0) is 14.2 Å². The van der Waals surface area contributed by atoms with Gasteiger partial charge in [-0.15, -0.1) is 0 Å². The molecule has 1 aliphatic rings. The summed E-state index contributed by atoms with van der Waals surface area (Å²) in [7, 11) is 1.68. The van der Waals surface area contributed by atoms with Crippen LogP contribution < -0.4 is 0 Å². The fraction of sp³-hybridized carbons (Fsp3) is 0.600. The van der Waals surface area contributed by atoms with Gasteiger partial charge in [0.25, 0.3) is 0 Å². The van der Waals surface area contributed by atoms with Crippen molar-refractivity contribution in [3.05, 3.63) is 35.9 Å². The lowest BCUT2D eigenvalue weighted by atomic mass is 9.91. The van der Waals surface area contributed by atoms with Gasteiger partial charge in [-0.1, -0.05) is 46.3 Å². The second-order valence-corrected chi connectivity index (χ2v) is 5.98. The molecule has 4 heteroatoms. The van der Waals surface area contributed by atoms with E-state index >= 15 is 0 Å². The summed E-state index contributed by atoms with van der Waals surface area (Å²) in [5.41, 5.74) is 1.20. The van der Waals surface area contributed by atoms with E-state index in [0.29, 0.717) is 18.0 Å². The molecule has 3 nitrogen and oxygen atoms in total. The molecule has 1 aromatic rings. The van der Waals surface area contributed by atoms with Gasteiger partial charge >= 0.3 is 0 Å². The minimum absolute atomic E-state index is 0.0970. The van der Waals surface area contributed by atoms with Crippen LogP contribution in [0.5, 0.6) is 0 Å². The van der Waals surface area contributed by atoms with Crippen LogP contribution in [0.2, 0.25) is 0 Å². The van der Waals surface area contributed by atoms with Crippen molar-refractivity contribution in [2.45, 2.75) is 36.5 Å². The molecule has 1 fully saturated rings. The first-order valence-corrected chi connectivity index (χ1v) is 7.59. The topological polar surface area (TPSA) is 27.7 Å². The highest BCUT2D eigenvalue weighted by Gasteiger charge is 2.42. The first-order valence-electron chi connectivity index (χ1n) is 6.67. The Balaban J connectivity index is 1.82. The Morgan fingerprint density at radius 3 is 2.63 bits per heavy atom. The molecule has 0 saturated heterocycles. The van der Waals surface area contributed by atoms with E-state index in [-0.39, 0.29) is 18.3 Å². The van der Waals surface area contributed by atoms with Crippen molar-refractivity contribution in [3.63, 3.8) is 0 Å². The maximum Gasteiger partial charge on any atom is 0.0964 e. The largest absolute Gasteiger partial charge is 0.382 e. The van der Waals surface area contributed by atoms with E-state index in [1.807, 2.05) is 18.2 Å². The van der Waals surface area contributed by atoms with E-state index in [9.17, 15) is 0 Å². The van der Waals surface area contributed by atoms with Gasteiger partial charge in [0, 0.05) is 11.9 Å². The number of alkyl halides is 1. The third kappa shape index (κ3) is 4.02. The Morgan fingerprint density at radius 1 is 1.26 bits per heavy atom. The van der Waals surface area contributed by atoms with Crippen LogP contribution in [0.1, 0.15) is 25.0 Å². The van der Waals surface area contributed by atoms with Crippen molar-refractivity contribution in [2.75, 3.05) is 20.3 Å². The Kier molecular flexibility index (Phi) is 5.82. The summed E-state index contributed by atoms with van der Waals surface area (Å²) in [6.07, 6.45) is 1.38. The van der Waals surface area contributed by atoms with Crippen LogP contribution in [0.3, 0.4) is 0 Å². The number of rotatable bonds is 7. The zero-order valence-corrected chi connectivity index (χ0v) is 13.0. The molecule has 0 radical (unpaired) electrons. The average molecular weight is 329 g/mol. The lowest BCUT2D eigenvalue weighted by Gasteiger charge is -2.42. The lowest BCUT2D eigenvalue weighted by molar-refractivity contribution is -0.147. The number of ether oxygens (including phenoxy) is 3. The van der Waals surface area contributed by atoms with Gasteiger partial charge in [-0.25, -0.2) is 0 Å². The average Bonchev–Trinajstić information content (AvgIpc) is 2.44. The van der Waals surface area contributed by atoms with Gasteiger partial charge in [-0.2, -0.15) is 0 Å². The minimum atomic E-state index is 0.0970. The Bertz CT molecular complexity index is 371. The maximum atomic E-state index is 6.09. The minimum Gasteiger partial charge on any atom is -0.382 e. The zero-order chi connectivity index (χ0) is 13.7. The van der Waals surface area contributed by atoms with Crippen LogP contribution in [0.25, 0.3) is 0 Å². The standard InChI is InChI=1S/C15H21BrO3/c1-11(12-6-4-3-5-7-12)19-14-10-13(16)15(14)18-9-8-17-2/h3-7,11,13-15H,8-10H2,1-2H3. The van der Waals surface area contributed by atoms with E-state index in [4.69, 9.17) is 14.2 Å². The van der Waals surface area contributed by atoms with Crippen LogP contribution in [0, 0.1) is 0 Å². The molecular formula is C15H21BrO3. The van der Waals surface area contributed by atoms with Gasteiger partial charge in [-0.05, 0) is 18.9 Å². The third-order valence-corrected chi connectivity index (χ3v) is 4.32. The molecule has 1 aliphatic carbocycles. The van der Waals surface area contributed by atoms with Gasteiger partial charge < -0.3 is 14.2 Å². The Hall–Kier alpha value is -0.420. The molecule has 4 atom stereocenters. The Morgan fingerprint density at radius 2 is 2.00 bits per heavy atom. The van der Waals surface area contributed by atoms with Gasteiger partial charge in [0.2, 0.25) is 0 Å². The molecule has 1 aromatic carbocycles. The summed E-state index contributed by atoms with van der Waals surface area (Å²) in [4.78, 5) is 0.386. The van der Waals surface area contributed by atoms with E-state index in [2.05, 4.69) is 35.0 Å². The summed E-state index contributed by atoms with van der Waals surface area (Å²) in [5.74, 6) is 0. The highest BCUT2D eigenvalue weighted by molar-refractivity contribution is 9.09. The monoisotopic (exact) mass is 328 g/mol. The number of halogens is 1. The van der Waals surface area contributed by atoms with Crippen LogP contribution in [0.15, 0.2) is 30.3 Å². The molecule has 0 aromatic heterocycles. The SMILES string of the molecule is COCCOC1C(Br)CC1OC(C)c1ccccc1. The summed E-state index contributed by atoms with van der Waals surface area (Å²) in [5, 5.41) is 0. The van der Waals surface area contributed by atoms with Crippen molar-refractivity contribution in [3.8, 4) is 0 Å². The lowest BCUT2D eigenvalue weighted by Crippen LogP contribution is -2.51. The first-order chi connectivity index (χ1) is 9.22. The molecule has 106 valence electrons.